The smallest absolute Gasteiger partial charge is 0.164 e. The van der Waals surface area contributed by atoms with Crippen molar-refractivity contribution in [2.24, 2.45) is 5.92 Å². The van der Waals surface area contributed by atoms with Gasteiger partial charge < -0.3 is 4.74 Å². The molecule has 1 aliphatic heterocycles. The van der Waals surface area contributed by atoms with Crippen LogP contribution in [0, 0.1) is 5.92 Å². The van der Waals surface area contributed by atoms with Crippen LogP contribution in [0.25, 0.3) is 67.5 Å². The molecule has 0 saturated heterocycles. The van der Waals surface area contributed by atoms with E-state index >= 15 is 0 Å². The molecule has 0 N–H and O–H groups in total. The first-order valence-electron chi connectivity index (χ1n) is 21.3. The van der Waals surface area contributed by atoms with Crippen LogP contribution >= 0.6 is 0 Å². The number of hydrogen-bond donors (Lipinski definition) is 0. The van der Waals surface area contributed by atoms with Gasteiger partial charge in [0.25, 0.3) is 0 Å². The summed E-state index contributed by atoms with van der Waals surface area (Å²) in [5, 5.41) is 0. The molecule has 1 aromatic heterocycles. The van der Waals surface area contributed by atoms with E-state index in [9.17, 15) is 0 Å². The molecule has 4 nitrogen and oxygen atoms in total. The van der Waals surface area contributed by atoms with Crippen LogP contribution in [0.5, 0.6) is 11.5 Å². The van der Waals surface area contributed by atoms with Gasteiger partial charge in [-0.25, -0.2) is 15.0 Å². The summed E-state index contributed by atoms with van der Waals surface area (Å²) in [5.41, 5.74) is 14.2. The monoisotopic (exact) mass is 793 g/mol. The van der Waals surface area contributed by atoms with Gasteiger partial charge in [0.05, 0.1) is 5.41 Å². The molecule has 0 saturated carbocycles. The molecule has 3 unspecified atom stereocenters. The molecule has 3 aliphatic rings. The minimum Gasteiger partial charge on any atom is -0.456 e. The van der Waals surface area contributed by atoms with Crippen molar-refractivity contribution in [2.45, 2.75) is 11.3 Å². The maximum atomic E-state index is 7.03. The molecular weight excluding hydrogens is 755 g/mol. The van der Waals surface area contributed by atoms with Crippen molar-refractivity contribution in [1.29, 1.82) is 0 Å². The number of ether oxygens (including phenoxy) is 1. The van der Waals surface area contributed by atoms with Crippen LogP contribution in [-0.4, -0.2) is 15.0 Å². The van der Waals surface area contributed by atoms with Gasteiger partial charge in [-0.3, -0.25) is 0 Å². The van der Waals surface area contributed by atoms with Crippen LogP contribution in [-0.2, 0) is 5.41 Å². The molecule has 9 aromatic rings. The summed E-state index contributed by atoms with van der Waals surface area (Å²) in [6, 6.07) is 70.6. The molecule has 2 aliphatic carbocycles. The molecule has 0 bridgehead atoms. The zero-order chi connectivity index (χ0) is 41.0. The Morgan fingerprint density at radius 3 is 1.63 bits per heavy atom. The Balaban J connectivity index is 0.951. The van der Waals surface area contributed by atoms with E-state index in [2.05, 4.69) is 188 Å². The summed E-state index contributed by atoms with van der Waals surface area (Å²) in [6.07, 6.45) is 9.21. The highest BCUT2D eigenvalue weighted by Gasteiger charge is 2.56. The summed E-state index contributed by atoms with van der Waals surface area (Å²) in [4.78, 5) is 15.2. The molecule has 4 heteroatoms. The average molecular weight is 794 g/mol. The SMILES string of the molecule is C1=CC2c3ccccc3C3(c4ccccc4Oc4c(-c5cccc(-c6cccc(-c7nc(-c8ccccc8)nc(-c8ccc(-c9ccccc9)cc8)n7)c6)c5)cccc43)C2C=C1. The van der Waals surface area contributed by atoms with Crippen LogP contribution < -0.4 is 4.74 Å². The van der Waals surface area contributed by atoms with Crippen LogP contribution in [0.1, 0.15) is 28.2 Å². The lowest BCUT2D eigenvalue weighted by Gasteiger charge is -2.43. The summed E-state index contributed by atoms with van der Waals surface area (Å²) in [7, 11) is 0. The van der Waals surface area contributed by atoms with E-state index in [1.54, 1.807) is 0 Å². The molecule has 62 heavy (non-hydrogen) atoms. The fourth-order valence-corrected chi connectivity index (χ4v) is 10.1. The average Bonchev–Trinajstić information content (AvgIpc) is 3.65. The lowest BCUT2D eigenvalue weighted by atomic mass is 9.61. The minimum atomic E-state index is -0.402. The lowest BCUT2D eigenvalue weighted by molar-refractivity contribution is 0.375. The standard InChI is InChI=1S/C58H39N3O/c1-3-16-38(17-4-1)39-32-34-41(35-33-39)56-59-55(40-18-5-2-6-19-40)60-57(61-56)45-23-14-21-43(37-45)42-20-13-22-44(36-42)46-26-15-30-52-54(46)62-53-31-12-11-29-51(53)58(52)49-27-9-7-24-47(49)48-25-8-10-28-50(48)58/h1-37,47,49H. The minimum absolute atomic E-state index is 0.213. The molecule has 8 aromatic carbocycles. The van der Waals surface area contributed by atoms with E-state index in [-0.39, 0.29) is 11.8 Å². The normalized spacial score (nSPS) is 17.7. The predicted octanol–water partition coefficient (Wildman–Crippen LogP) is 14.2. The second-order valence-electron chi connectivity index (χ2n) is 16.3. The first kappa shape index (κ1) is 35.9. The molecule has 0 amide bonds. The Labute approximate surface area is 361 Å². The van der Waals surface area contributed by atoms with Crippen LogP contribution in [0.15, 0.2) is 224 Å². The molecule has 1 spiro atoms. The summed E-state index contributed by atoms with van der Waals surface area (Å²) < 4.78 is 7.03. The van der Waals surface area contributed by atoms with Gasteiger partial charge in [0, 0.05) is 45.2 Å². The van der Waals surface area contributed by atoms with E-state index in [4.69, 9.17) is 19.7 Å². The fourth-order valence-electron chi connectivity index (χ4n) is 10.1. The summed E-state index contributed by atoms with van der Waals surface area (Å²) in [6.45, 7) is 0. The highest BCUT2D eigenvalue weighted by Crippen LogP contribution is 2.65. The van der Waals surface area contributed by atoms with E-state index in [0.29, 0.717) is 17.5 Å². The number of para-hydroxylation sites is 2. The van der Waals surface area contributed by atoms with Gasteiger partial charge in [-0.1, -0.05) is 206 Å². The zero-order valence-corrected chi connectivity index (χ0v) is 33.8. The third kappa shape index (κ3) is 5.79. The first-order chi connectivity index (χ1) is 30.7. The van der Waals surface area contributed by atoms with Gasteiger partial charge >= 0.3 is 0 Å². The van der Waals surface area contributed by atoms with E-state index < -0.39 is 5.41 Å². The van der Waals surface area contributed by atoms with Crippen LogP contribution in [0.3, 0.4) is 0 Å². The molecule has 0 radical (unpaired) electrons. The first-order valence-corrected chi connectivity index (χ1v) is 21.3. The number of rotatable bonds is 6. The molecule has 292 valence electrons. The third-order valence-corrected chi connectivity index (χ3v) is 12.9. The quantitative estimate of drug-likeness (QED) is 0.168. The van der Waals surface area contributed by atoms with Gasteiger partial charge in [-0.2, -0.15) is 0 Å². The van der Waals surface area contributed by atoms with Crippen molar-refractivity contribution >= 4 is 0 Å². The van der Waals surface area contributed by atoms with E-state index in [1.165, 1.54) is 27.8 Å². The largest absolute Gasteiger partial charge is 0.456 e. The van der Waals surface area contributed by atoms with Crippen molar-refractivity contribution in [2.75, 3.05) is 0 Å². The van der Waals surface area contributed by atoms with Crippen LogP contribution in [0.2, 0.25) is 0 Å². The van der Waals surface area contributed by atoms with Crippen molar-refractivity contribution in [1.82, 2.24) is 15.0 Å². The number of hydrogen-bond acceptors (Lipinski definition) is 4. The molecule has 2 heterocycles. The summed E-state index contributed by atoms with van der Waals surface area (Å²) >= 11 is 0. The van der Waals surface area contributed by atoms with Gasteiger partial charge in [-0.05, 0) is 57.1 Å². The Hall–Kier alpha value is -7.95. The van der Waals surface area contributed by atoms with Crippen molar-refractivity contribution in [3.8, 4) is 79.0 Å². The fraction of sp³-hybridized carbons (Fsp3) is 0.0517. The van der Waals surface area contributed by atoms with Crippen LogP contribution in [0.4, 0.5) is 0 Å². The molecule has 0 fully saturated rings. The maximum absolute atomic E-state index is 7.03. The lowest BCUT2D eigenvalue weighted by Crippen LogP contribution is -2.37. The van der Waals surface area contributed by atoms with E-state index in [0.717, 1.165) is 56.0 Å². The topological polar surface area (TPSA) is 47.9 Å². The Bertz CT molecular complexity index is 3230. The maximum Gasteiger partial charge on any atom is 0.164 e. The van der Waals surface area contributed by atoms with Gasteiger partial charge in [0.15, 0.2) is 17.5 Å². The van der Waals surface area contributed by atoms with Crippen molar-refractivity contribution in [3.63, 3.8) is 0 Å². The van der Waals surface area contributed by atoms with Crippen molar-refractivity contribution in [3.05, 3.63) is 247 Å². The number of benzene rings is 8. The zero-order valence-electron chi connectivity index (χ0n) is 33.8. The summed E-state index contributed by atoms with van der Waals surface area (Å²) in [5.74, 6) is 4.20. The molecular formula is C58H39N3O. The highest BCUT2D eigenvalue weighted by atomic mass is 16.5. The Kier molecular flexibility index (Phi) is 8.49. The van der Waals surface area contributed by atoms with Gasteiger partial charge in [0.1, 0.15) is 11.5 Å². The van der Waals surface area contributed by atoms with Gasteiger partial charge in [-0.15, -0.1) is 0 Å². The molecule has 3 atom stereocenters. The number of nitrogens with zero attached hydrogens (tertiary/aromatic N) is 3. The second-order valence-corrected chi connectivity index (χ2v) is 16.3. The molecule has 12 rings (SSSR count). The number of fused-ring (bicyclic) bond motifs is 9. The predicted molar refractivity (Wildman–Crippen MR) is 250 cm³/mol. The van der Waals surface area contributed by atoms with Crippen molar-refractivity contribution < 1.29 is 4.74 Å². The number of allylic oxidation sites excluding steroid dienone is 4. The highest BCUT2D eigenvalue weighted by molar-refractivity contribution is 5.83. The number of aromatic nitrogens is 3. The second kappa shape index (κ2) is 14.6. The Morgan fingerprint density at radius 1 is 0.371 bits per heavy atom. The van der Waals surface area contributed by atoms with Gasteiger partial charge in [0.2, 0.25) is 0 Å². The third-order valence-electron chi connectivity index (χ3n) is 12.9. The Morgan fingerprint density at radius 2 is 0.871 bits per heavy atom. The van der Waals surface area contributed by atoms with E-state index in [1.807, 2.05) is 36.4 Å².